The van der Waals surface area contributed by atoms with Crippen molar-refractivity contribution in [2.24, 2.45) is 5.92 Å². The van der Waals surface area contributed by atoms with Gasteiger partial charge in [-0.2, -0.15) is 4.31 Å². The Morgan fingerprint density at radius 1 is 1.31 bits per heavy atom. The molecule has 0 aromatic heterocycles. The van der Waals surface area contributed by atoms with Crippen LogP contribution in [0.25, 0.3) is 0 Å². The number of alkyl halides is 1. The van der Waals surface area contributed by atoms with Crippen LogP contribution >= 0.6 is 15.9 Å². The van der Waals surface area contributed by atoms with Crippen LogP contribution in [0, 0.1) is 5.92 Å². The molecule has 0 spiro atoms. The Morgan fingerprint density at radius 2 is 2.00 bits per heavy atom. The van der Waals surface area contributed by atoms with Gasteiger partial charge in [0.1, 0.15) is 0 Å². The lowest BCUT2D eigenvalue weighted by molar-refractivity contribution is 0.466. The van der Waals surface area contributed by atoms with Gasteiger partial charge in [0.25, 0.3) is 0 Å². The molecular weight excluding hydrogens is 290 g/mol. The first-order valence-corrected chi connectivity index (χ1v) is 7.82. The minimum atomic E-state index is -3.27. The van der Waals surface area contributed by atoms with Crippen LogP contribution in [0.4, 0.5) is 0 Å². The van der Waals surface area contributed by atoms with E-state index in [0.717, 1.165) is 11.8 Å². The van der Waals surface area contributed by atoms with Crippen molar-refractivity contribution in [3.8, 4) is 0 Å². The summed E-state index contributed by atoms with van der Waals surface area (Å²) in [6.45, 7) is 1.26. The zero-order chi connectivity index (χ0) is 11.6. The standard InChI is InChI=1S/C11H14BrNO2S/c12-8-10-6-7-13(9-10)16(14,15)11-4-2-1-3-5-11/h1-5,10H,6-9H2. The van der Waals surface area contributed by atoms with E-state index >= 15 is 0 Å². The fourth-order valence-corrected chi connectivity index (χ4v) is 3.96. The second-order valence-corrected chi connectivity index (χ2v) is 6.57. The van der Waals surface area contributed by atoms with Gasteiger partial charge in [0, 0.05) is 18.4 Å². The molecule has 1 aromatic rings. The molecule has 1 aromatic carbocycles. The van der Waals surface area contributed by atoms with E-state index in [-0.39, 0.29) is 0 Å². The molecule has 0 aliphatic carbocycles. The summed E-state index contributed by atoms with van der Waals surface area (Å²) < 4.78 is 26.0. The quantitative estimate of drug-likeness (QED) is 0.802. The van der Waals surface area contributed by atoms with Gasteiger partial charge in [0.05, 0.1) is 4.90 Å². The van der Waals surface area contributed by atoms with Gasteiger partial charge < -0.3 is 0 Å². The van der Waals surface area contributed by atoms with Gasteiger partial charge in [-0.3, -0.25) is 0 Å². The summed E-state index contributed by atoms with van der Waals surface area (Å²) in [5.41, 5.74) is 0. The summed E-state index contributed by atoms with van der Waals surface area (Å²) in [5.74, 6) is 0.443. The van der Waals surface area contributed by atoms with Crippen LogP contribution in [0.5, 0.6) is 0 Å². The first kappa shape index (κ1) is 12.1. The van der Waals surface area contributed by atoms with E-state index in [1.165, 1.54) is 0 Å². The molecule has 88 valence electrons. The third-order valence-corrected chi connectivity index (χ3v) is 5.64. The van der Waals surface area contributed by atoms with E-state index in [2.05, 4.69) is 15.9 Å². The fraction of sp³-hybridized carbons (Fsp3) is 0.455. The molecule has 0 radical (unpaired) electrons. The van der Waals surface area contributed by atoms with E-state index < -0.39 is 10.0 Å². The first-order chi connectivity index (χ1) is 7.64. The van der Waals surface area contributed by atoms with E-state index in [1.807, 2.05) is 6.07 Å². The van der Waals surface area contributed by atoms with Gasteiger partial charge in [-0.25, -0.2) is 8.42 Å². The monoisotopic (exact) mass is 303 g/mol. The third-order valence-electron chi connectivity index (χ3n) is 2.85. The third kappa shape index (κ3) is 2.31. The van der Waals surface area contributed by atoms with Crippen molar-refractivity contribution >= 4 is 26.0 Å². The average molecular weight is 304 g/mol. The zero-order valence-electron chi connectivity index (χ0n) is 8.84. The van der Waals surface area contributed by atoms with Crippen LogP contribution in [0.2, 0.25) is 0 Å². The molecule has 5 heteroatoms. The van der Waals surface area contributed by atoms with Crippen molar-refractivity contribution in [3.05, 3.63) is 30.3 Å². The van der Waals surface area contributed by atoms with Gasteiger partial charge in [0.2, 0.25) is 10.0 Å². The van der Waals surface area contributed by atoms with E-state index in [4.69, 9.17) is 0 Å². The normalized spacial score (nSPS) is 22.4. The molecule has 2 rings (SSSR count). The molecule has 0 saturated carbocycles. The number of hydrogen-bond acceptors (Lipinski definition) is 2. The Balaban J connectivity index is 2.21. The van der Waals surface area contributed by atoms with Crippen LogP contribution in [-0.4, -0.2) is 31.1 Å². The van der Waals surface area contributed by atoms with E-state index in [1.54, 1.807) is 28.6 Å². The second-order valence-electron chi connectivity index (χ2n) is 3.99. The molecule has 1 aliphatic rings. The van der Waals surface area contributed by atoms with Gasteiger partial charge in [-0.05, 0) is 24.5 Å². The maximum Gasteiger partial charge on any atom is 0.243 e. The van der Waals surface area contributed by atoms with Gasteiger partial charge in [-0.1, -0.05) is 34.1 Å². The molecule has 1 unspecified atom stereocenters. The Kier molecular flexibility index (Phi) is 3.66. The predicted molar refractivity (Wildman–Crippen MR) is 67.1 cm³/mol. The van der Waals surface area contributed by atoms with Crippen LogP contribution in [0.3, 0.4) is 0 Å². The molecule has 1 fully saturated rings. The van der Waals surface area contributed by atoms with Crippen molar-refractivity contribution in [3.63, 3.8) is 0 Å². The molecule has 1 atom stereocenters. The maximum absolute atomic E-state index is 12.2. The summed E-state index contributed by atoms with van der Waals surface area (Å²) in [5, 5.41) is 0.869. The molecule has 16 heavy (non-hydrogen) atoms. The highest BCUT2D eigenvalue weighted by atomic mass is 79.9. The lowest BCUT2D eigenvalue weighted by Crippen LogP contribution is -2.29. The average Bonchev–Trinajstić information content (AvgIpc) is 2.79. The van der Waals surface area contributed by atoms with Gasteiger partial charge >= 0.3 is 0 Å². The minimum absolute atomic E-state index is 0.394. The largest absolute Gasteiger partial charge is 0.243 e. The Labute approximate surface area is 105 Å². The second kappa shape index (κ2) is 4.85. The SMILES string of the molecule is O=S(=O)(c1ccccc1)N1CCC(CBr)C1. The zero-order valence-corrected chi connectivity index (χ0v) is 11.2. The van der Waals surface area contributed by atoms with Crippen molar-refractivity contribution in [1.29, 1.82) is 0 Å². The van der Waals surface area contributed by atoms with E-state index in [9.17, 15) is 8.42 Å². The highest BCUT2D eigenvalue weighted by molar-refractivity contribution is 9.09. The van der Waals surface area contributed by atoms with Crippen molar-refractivity contribution in [1.82, 2.24) is 4.31 Å². The highest BCUT2D eigenvalue weighted by Crippen LogP contribution is 2.24. The molecule has 0 N–H and O–H groups in total. The Bertz CT molecular complexity index is 446. The van der Waals surface area contributed by atoms with Gasteiger partial charge in [-0.15, -0.1) is 0 Å². The number of benzene rings is 1. The Morgan fingerprint density at radius 3 is 2.56 bits per heavy atom. The summed E-state index contributed by atoms with van der Waals surface area (Å²) in [4.78, 5) is 0.394. The molecule has 3 nitrogen and oxygen atoms in total. The van der Waals surface area contributed by atoms with E-state index in [0.29, 0.717) is 23.9 Å². The molecular formula is C11H14BrNO2S. The van der Waals surface area contributed by atoms with Crippen LogP contribution in [-0.2, 0) is 10.0 Å². The molecule has 1 aliphatic heterocycles. The first-order valence-electron chi connectivity index (χ1n) is 5.26. The Hall–Kier alpha value is -0.390. The predicted octanol–water partition coefficient (Wildman–Crippen LogP) is 2.09. The molecule has 1 heterocycles. The number of rotatable bonds is 3. The summed E-state index contributed by atoms with van der Waals surface area (Å²) in [6, 6.07) is 8.63. The molecule has 1 saturated heterocycles. The van der Waals surface area contributed by atoms with Crippen molar-refractivity contribution in [2.75, 3.05) is 18.4 Å². The molecule has 0 amide bonds. The summed E-state index contributed by atoms with van der Waals surface area (Å²) >= 11 is 3.41. The number of sulfonamides is 1. The van der Waals surface area contributed by atoms with Crippen LogP contribution in [0.15, 0.2) is 35.2 Å². The fourth-order valence-electron chi connectivity index (χ4n) is 1.88. The smallest absolute Gasteiger partial charge is 0.207 e. The summed E-state index contributed by atoms with van der Waals surface area (Å²) in [7, 11) is -3.27. The van der Waals surface area contributed by atoms with Crippen molar-refractivity contribution < 1.29 is 8.42 Å². The van der Waals surface area contributed by atoms with Gasteiger partial charge in [0.15, 0.2) is 0 Å². The number of hydrogen-bond donors (Lipinski definition) is 0. The number of nitrogens with zero attached hydrogens (tertiary/aromatic N) is 1. The lowest BCUT2D eigenvalue weighted by Gasteiger charge is -2.16. The van der Waals surface area contributed by atoms with Crippen LogP contribution < -0.4 is 0 Å². The minimum Gasteiger partial charge on any atom is -0.207 e. The van der Waals surface area contributed by atoms with Crippen molar-refractivity contribution in [2.45, 2.75) is 11.3 Å². The highest BCUT2D eigenvalue weighted by Gasteiger charge is 2.31. The van der Waals surface area contributed by atoms with Crippen LogP contribution in [0.1, 0.15) is 6.42 Å². The lowest BCUT2D eigenvalue weighted by atomic mass is 10.2. The summed E-state index contributed by atoms with van der Waals surface area (Å²) in [6.07, 6.45) is 0.942. The maximum atomic E-state index is 12.2. The topological polar surface area (TPSA) is 37.4 Å². The molecule has 0 bridgehead atoms. The number of halogens is 1.